The molecule has 2 rings (SSSR count). The monoisotopic (exact) mass is 479 g/mol. The molecule has 0 radical (unpaired) electrons. The first kappa shape index (κ1) is 22.7. The van der Waals surface area contributed by atoms with Gasteiger partial charge in [-0.1, -0.05) is 32.8 Å². The maximum atomic E-state index is 5.32. The average molecular weight is 479 g/mol. The first-order valence-electron chi connectivity index (χ1n) is 8.99. The molecular formula is C19H34IN3OS. The Morgan fingerprint density at radius 2 is 2.04 bits per heavy atom. The van der Waals surface area contributed by atoms with E-state index >= 15 is 0 Å². The quantitative estimate of drug-likeness (QED) is 0.330. The highest BCUT2D eigenvalue weighted by molar-refractivity contribution is 14.0. The van der Waals surface area contributed by atoms with Crippen molar-refractivity contribution in [2.75, 3.05) is 33.9 Å². The Labute approximate surface area is 174 Å². The molecule has 0 bridgehead atoms. The lowest BCUT2D eigenvalue weighted by Crippen LogP contribution is -2.46. The van der Waals surface area contributed by atoms with E-state index in [1.165, 1.54) is 30.6 Å². The average Bonchev–Trinajstić information content (AvgIpc) is 3.26. The van der Waals surface area contributed by atoms with Crippen LogP contribution >= 0.6 is 35.3 Å². The molecule has 1 aliphatic carbocycles. The van der Waals surface area contributed by atoms with Gasteiger partial charge in [0.05, 0.1) is 0 Å². The first-order chi connectivity index (χ1) is 11.5. The minimum atomic E-state index is 0. The molecule has 0 unspecified atom stereocenters. The normalized spacial score (nSPS) is 17.2. The van der Waals surface area contributed by atoms with Crippen molar-refractivity contribution >= 4 is 41.3 Å². The summed E-state index contributed by atoms with van der Waals surface area (Å²) in [6.45, 7) is 7.25. The SMILES string of the molecule is CN=C(NCC1(CCOC)CCCC1)NCC(C)(C)c1cccs1.I. The van der Waals surface area contributed by atoms with Gasteiger partial charge in [0, 0.05) is 44.1 Å². The molecule has 1 aliphatic rings. The number of methoxy groups -OCH3 is 1. The topological polar surface area (TPSA) is 45.7 Å². The van der Waals surface area contributed by atoms with Gasteiger partial charge in [0.1, 0.15) is 0 Å². The van der Waals surface area contributed by atoms with Gasteiger partial charge in [-0.3, -0.25) is 4.99 Å². The number of ether oxygens (including phenoxy) is 1. The fourth-order valence-corrected chi connectivity index (χ4v) is 4.36. The number of aliphatic imine (C=N–C) groups is 1. The van der Waals surface area contributed by atoms with Crippen molar-refractivity contribution in [2.45, 2.75) is 51.4 Å². The third-order valence-electron chi connectivity index (χ3n) is 5.24. The molecule has 6 heteroatoms. The summed E-state index contributed by atoms with van der Waals surface area (Å²) in [5, 5.41) is 9.22. The number of hydrogen-bond donors (Lipinski definition) is 2. The molecule has 0 aromatic carbocycles. The van der Waals surface area contributed by atoms with Crippen LogP contribution in [0.1, 0.15) is 50.8 Å². The molecule has 0 atom stereocenters. The van der Waals surface area contributed by atoms with Gasteiger partial charge in [0.25, 0.3) is 0 Å². The first-order valence-corrected chi connectivity index (χ1v) is 9.87. The molecule has 25 heavy (non-hydrogen) atoms. The number of thiophene rings is 1. The molecule has 1 aromatic heterocycles. The van der Waals surface area contributed by atoms with E-state index in [-0.39, 0.29) is 29.4 Å². The number of guanidine groups is 1. The van der Waals surface area contributed by atoms with E-state index < -0.39 is 0 Å². The minimum absolute atomic E-state index is 0. The Hall–Kier alpha value is -0.340. The van der Waals surface area contributed by atoms with E-state index in [1.54, 1.807) is 7.11 Å². The second-order valence-electron chi connectivity index (χ2n) is 7.59. The van der Waals surface area contributed by atoms with Crippen LogP contribution < -0.4 is 10.6 Å². The predicted molar refractivity (Wildman–Crippen MR) is 120 cm³/mol. The van der Waals surface area contributed by atoms with Gasteiger partial charge >= 0.3 is 0 Å². The summed E-state index contributed by atoms with van der Waals surface area (Å²) < 4.78 is 5.32. The van der Waals surface area contributed by atoms with Crippen LogP contribution in [0, 0.1) is 5.41 Å². The van der Waals surface area contributed by atoms with E-state index in [2.05, 4.69) is 47.0 Å². The van der Waals surface area contributed by atoms with Crippen LogP contribution in [0.15, 0.2) is 22.5 Å². The number of nitrogens with one attached hydrogen (secondary N) is 2. The Morgan fingerprint density at radius 3 is 2.60 bits per heavy atom. The molecular weight excluding hydrogens is 445 g/mol. The maximum absolute atomic E-state index is 5.32. The summed E-state index contributed by atoms with van der Waals surface area (Å²) >= 11 is 1.82. The molecule has 1 fully saturated rings. The Bertz CT molecular complexity index is 511. The van der Waals surface area contributed by atoms with E-state index in [1.807, 2.05) is 18.4 Å². The summed E-state index contributed by atoms with van der Waals surface area (Å²) in [6.07, 6.45) is 6.39. The van der Waals surface area contributed by atoms with Crippen molar-refractivity contribution in [2.24, 2.45) is 10.4 Å². The van der Waals surface area contributed by atoms with Crippen molar-refractivity contribution in [3.8, 4) is 0 Å². The Morgan fingerprint density at radius 1 is 1.32 bits per heavy atom. The standard InChI is InChI=1S/C19H33N3OS.HI/c1-18(2,16-8-7-13-24-16)14-21-17(20-3)22-15-19(11-12-23-4)9-5-6-10-19;/h7-8,13H,5-6,9-12,14-15H2,1-4H3,(H2,20,21,22);1H. The van der Waals surface area contributed by atoms with Crippen LogP contribution in [0.4, 0.5) is 0 Å². The van der Waals surface area contributed by atoms with Crippen LogP contribution in [0.2, 0.25) is 0 Å². The zero-order chi connectivity index (χ0) is 17.5. The largest absolute Gasteiger partial charge is 0.385 e. The number of rotatable bonds is 8. The maximum Gasteiger partial charge on any atom is 0.191 e. The number of hydrogen-bond acceptors (Lipinski definition) is 3. The smallest absolute Gasteiger partial charge is 0.191 e. The second kappa shape index (κ2) is 10.7. The van der Waals surface area contributed by atoms with E-state index in [9.17, 15) is 0 Å². The highest BCUT2D eigenvalue weighted by Gasteiger charge is 2.33. The third kappa shape index (κ3) is 6.71. The van der Waals surface area contributed by atoms with Crippen molar-refractivity contribution in [1.29, 1.82) is 0 Å². The van der Waals surface area contributed by atoms with Crippen LogP contribution in [-0.2, 0) is 10.2 Å². The molecule has 0 amide bonds. The number of nitrogens with zero attached hydrogens (tertiary/aromatic N) is 1. The van der Waals surface area contributed by atoms with Gasteiger partial charge < -0.3 is 15.4 Å². The molecule has 4 nitrogen and oxygen atoms in total. The van der Waals surface area contributed by atoms with Gasteiger partial charge in [-0.15, -0.1) is 35.3 Å². The molecule has 0 spiro atoms. The van der Waals surface area contributed by atoms with Crippen molar-refractivity contribution in [3.05, 3.63) is 22.4 Å². The lowest BCUT2D eigenvalue weighted by atomic mass is 9.83. The second-order valence-corrected chi connectivity index (χ2v) is 8.54. The van der Waals surface area contributed by atoms with Crippen molar-refractivity contribution < 1.29 is 4.74 Å². The Balaban J connectivity index is 0.00000312. The molecule has 1 heterocycles. The van der Waals surface area contributed by atoms with Gasteiger partial charge in [-0.2, -0.15) is 0 Å². The lowest BCUT2D eigenvalue weighted by molar-refractivity contribution is 0.138. The number of halogens is 1. The summed E-state index contributed by atoms with van der Waals surface area (Å²) in [7, 11) is 3.65. The molecule has 1 aromatic rings. The van der Waals surface area contributed by atoms with Crippen LogP contribution in [0.3, 0.4) is 0 Å². The highest BCUT2D eigenvalue weighted by atomic mass is 127. The lowest BCUT2D eigenvalue weighted by Gasteiger charge is -2.31. The summed E-state index contributed by atoms with van der Waals surface area (Å²) in [6, 6.07) is 4.33. The van der Waals surface area contributed by atoms with E-state index in [0.717, 1.165) is 32.1 Å². The predicted octanol–water partition coefficient (Wildman–Crippen LogP) is 4.41. The zero-order valence-electron chi connectivity index (χ0n) is 16.1. The van der Waals surface area contributed by atoms with Gasteiger partial charge in [0.2, 0.25) is 0 Å². The molecule has 1 saturated carbocycles. The van der Waals surface area contributed by atoms with Gasteiger partial charge in [-0.25, -0.2) is 0 Å². The summed E-state index contributed by atoms with van der Waals surface area (Å²) in [5.41, 5.74) is 0.476. The van der Waals surface area contributed by atoms with Crippen LogP contribution in [0.5, 0.6) is 0 Å². The molecule has 144 valence electrons. The molecule has 0 saturated heterocycles. The van der Waals surface area contributed by atoms with E-state index in [0.29, 0.717) is 5.41 Å². The fraction of sp³-hybridized carbons (Fsp3) is 0.737. The Kier molecular flexibility index (Phi) is 9.74. The summed E-state index contributed by atoms with van der Waals surface area (Å²) in [4.78, 5) is 5.81. The fourth-order valence-electron chi connectivity index (χ4n) is 3.51. The van der Waals surface area contributed by atoms with Crippen molar-refractivity contribution in [1.82, 2.24) is 10.6 Å². The molecule has 0 aliphatic heterocycles. The van der Waals surface area contributed by atoms with Crippen LogP contribution in [-0.4, -0.2) is 39.8 Å². The van der Waals surface area contributed by atoms with E-state index in [4.69, 9.17) is 4.74 Å². The third-order valence-corrected chi connectivity index (χ3v) is 6.48. The minimum Gasteiger partial charge on any atom is -0.385 e. The highest BCUT2D eigenvalue weighted by Crippen LogP contribution is 2.40. The zero-order valence-corrected chi connectivity index (χ0v) is 19.2. The van der Waals surface area contributed by atoms with Gasteiger partial charge in [-0.05, 0) is 36.1 Å². The van der Waals surface area contributed by atoms with Gasteiger partial charge in [0.15, 0.2) is 5.96 Å². The van der Waals surface area contributed by atoms with Crippen molar-refractivity contribution in [3.63, 3.8) is 0 Å². The van der Waals surface area contributed by atoms with Crippen LogP contribution in [0.25, 0.3) is 0 Å². The molecule has 2 N–H and O–H groups in total. The summed E-state index contributed by atoms with van der Waals surface area (Å²) in [5.74, 6) is 0.906.